The van der Waals surface area contributed by atoms with E-state index in [9.17, 15) is 4.79 Å². The summed E-state index contributed by atoms with van der Waals surface area (Å²) in [5.74, 6) is -0.0349. The van der Waals surface area contributed by atoms with E-state index in [1.165, 1.54) is 0 Å². The van der Waals surface area contributed by atoms with Crippen molar-refractivity contribution in [1.82, 2.24) is 10.6 Å². The van der Waals surface area contributed by atoms with Gasteiger partial charge in [0, 0.05) is 41.2 Å². The largest absolute Gasteiger partial charge is 0.386 e. The van der Waals surface area contributed by atoms with E-state index in [0.29, 0.717) is 17.1 Å². The van der Waals surface area contributed by atoms with E-state index >= 15 is 0 Å². The lowest BCUT2D eigenvalue weighted by Crippen LogP contribution is -2.29. The summed E-state index contributed by atoms with van der Waals surface area (Å²) in [6.45, 7) is 3.24. The fourth-order valence-corrected chi connectivity index (χ4v) is 4.44. The number of nitrogens with zero attached hydrogens (tertiary/aromatic N) is 2. The Labute approximate surface area is 213 Å². The third kappa shape index (κ3) is 5.93. The van der Waals surface area contributed by atoms with Gasteiger partial charge >= 0.3 is 0 Å². The molecule has 1 atom stereocenters. The molecule has 2 N–H and O–H groups in total. The van der Waals surface area contributed by atoms with Gasteiger partial charge in [-0.25, -0.2) is 4.99 Å². The van der Waals surface area contributed by atoms with Crippen LogP contribution >= 0.6 is 27.5 Å². The van der Waals surface area contributed by atoms with Crippen molar-refractivity contribution in [3.63, 3.8) is 0 Å². The summed E-state index contributed by atoms with van der Waals surface area (Å²) >= 11 is 9.98. The lowest BCUT2D eigenvalue weighted by atomic mass is 10.0. The number of aliphatic imine (C=N–C) groups is 2. The first-order chi connectivity index (χ1) is 16.5. The number of rotatable bonds is 9. The summed E-state index contributed by atoms with van der Waals surface area (Å²) in [5, 5.41) is 7.18. The van der Waals surface area contributed by atoms with Crippen LogP contribution in [0.4, 0.5) is 0 Å². The molecular weight excluding hydrogens is 512 g/mol. The van der Waals surface area contributed by atoms with Gasteiger partial charge in [-0.2, -0.15) is 0 Å². The minimum atomic E-state index is -0.133. The van der Waals surface area contributed by atoms with Crippen LogP contribution in [-0.2, 0) is 4.79 Å². The molecule has 2 heterocycles. The van der Waals surface area contributed by atoms with Gasteiger partial charge in [0.15, 0.2) is 0 Å². The zero-order valence-electron chi connectivity index (χ0n) is 18.9. The smallest absolute Gasteiger partial charge is 0.246 e. The Morgan fingerprint density at radius 1 is 1.09 bits per heavy atom. The van der Waals surface area contributed by atoms with Crippen molar-refractivity contribution in [1.29, 1.82) is 0 Å². The van der Waals surface area contributed by atoms with E-state index < -0.39 is 0 Å². The number of allylic oxidation sites excluding steroid dienone is 2. The number of benzene rings is 2. The number of amides is 1. The Hall–Kier alpha value is -2.96. The molecule has 1 unspecified atom stereocenters. The van der Waals surface area contributed by atoms with Gasteiger partial charge in [-0.05, 0) is 59.5 Å². The first-order valence-electron chi connectivity index (χ1n) is 11.3. The van der Waals surface area contributed by atoms with Gasteiger partial charge in [-0.1, -0.05) is 60.1 Å². The SMILES string of the molecule is C/C(=C\c1ccccc1)C(=O)NCCCCNC1=CC(c2ccccc2Cl)=NC2=C(Br)C=NC12. The predicted octanol–water partition coefficient (Wildman–Crippen LogP) is 5.68. The maximum Gasteiger partial charge on any atom is 0.246 e. The zero-order chi connectivity index (χ0) is 23.9. The molecule has 0 aliphatic carbocycles. The lowest BCUT2D eigenvalue weighted by molar-refractivity contribution is -0.117. The second kappa shape index (κ2) is 11.4. The highest BCUT2D eigenvalue weighted by Crippen LogP contribution is 2.32. The van der Waals surface area contributed by atoms with E-state index in [1.807, 2.05) is 73.7 Å². The number of unbranched alkanes of at least 4 members (excludes halogenated alkanes) is 1. The average Bonchev–Trinajstić information content (AvgIpc) is 3.22. The van der Waals surface area contributed by atoms with E-state index in [1.54, 1.807) is 6.21 Å². The summed E-state index contributed by atoms with van der Waals surface area (Å²) in [6.07, 6.45) is 7.51. The van der Waals surface area contributed by atoms with Crippen LogP contribution in [0.2, 0.25) is 5.02 Å². The van der Waals surface area contributed by atoms with Crippen LogP contribution < -0.4 is 10.6 Å². The number of carbonyl (C=O) groups is 1. The third-order valence-electron chi connectivity index (χ3n) is 5.58. The highest BCUT2D eigenvalue weighted by atomic mass is 79.9. The monoisotopic (exact) mass is 536 g/mol. The number of halogens is 2. The van der Waals surface area contributed by atoms with Crippen LogP contribution in [0.15, 0.2) is 92.1 Å². The molecule has 2 aromatic carbocycles. The Balaban J connectivity index is 1.29. The fraction of sp³-hybridized carbons (Fsp3) is 0.222. The molecule has 0 spiro atoms. The topological polar surface area (TPSA) is 65.8 Å². The minimum Gasteiger partial charge on any atom is -0.386 e. The normalized spacial score (nSPS) is 17.3. The highest BCUT2D eigenvalue weighted by molar-refractivity contribution is 9.12. The van der Waals surface area contributed by atoms with Crippen LogP contribution in [0.3, 0.4) is 0 Å². The molecule has 34 heavy (non-hydrogen) atoms. The molecule has 2 aromatic rings. The molecule has 2 aliphatic heterocycles. The third-order valence-corrected chi connectivity index (χ3v) is 6.52. The van der Waals surface area contributed by atoms with Crippen LogP contribution in [0.25, 0.3) is 6.08 Å². The Bertz CT molecular complexity index is 1210. The van der Waals surface area contributed by atoms with Crippen LogP contribution in [-0.4, -0.2) is 37.0 Å². The lowest BCUT2D eigenvalue weighted by Gasteiger charge is -2.22. The maximum atomic E-state index is 12.3. The van der Waals surface area contributed by atoms with Crippen LogP contribution in [0.5, 0.6) is 0 Å². The number of hydrogen-bond acceptors (Lipinski definition) is 4. The van der Waals surface area contributed by atoms with Crippen molar-refractivity contribution in [2.45, 2.75) is 25.8 Å². The van der Waals surface area contributed by atoms with Gasteiger partial charge < -0.3 is 10.6 Å². The van der Waals surface area contributed by atoms with Crippen molar-refractivity contribution >= 4 is 51.4 Å². The number of fused-ring (bicyclic) bond motifs is 1. The van der Waals surface area contributed by atoms with Crippen molar-refractivity contribution in [2.75, 3.05) is 13.1 Å². The Morgan fingerprint density at radius 3 is 2.62 bits per heavy atom. The quantitative estimate of drug-likeness (QED) is 0.319. The fourth-order valence-electron chi connectivity index (χ4n) is 3.78. The van der Waals surface area contributed by atoms with Gasteiger partial charge in [0.25, 0.3) is 0 Å². The molecule has 2 aliphatic rings. The summed E-state index contributed by atoms with van der Waals surface area (Å²) in [5.41, 5.74) is 5.31. The molecule has 0 saturated heterocycles. The van der Waals surface area contributed by atoms with Gasteiger partial charge in [0.05, 0.1) is 15.9 Å². The molecule has 0 radical (unpaired) electrons. The highest BCUT2D eigenvalue weighted by Gasteiger charge is 2.29. The minimum absolute atomic E-state index is 0.0349. The average molecular weight is 538 g/mol. The summed E-state index contributed by atoms with van der Waals surface area (Å²) in [6, 6.07) is 17.4. The molecule has 174 valence electrons. The first-order valence-corrected chi connectivity index (χ1v) is 12.4. The number of carbonyl (C=O) groups excluding carboxylic acids is 1. The Morgan fingerprint density at radius 2 is 1.82 bits per heavy atom. The standard InChI is InChI=1S/C27H26BrClN4O/c1-18(15-19-9-3-2-4-10-19)27(34)31-14-8-7-13-30-24-16-23(20-11-5-6-12-22(20)29)33-25-21(28)17-32-26(24)25/h2-6,9-12,15-17,26,30H,7-8,13-14H2,1H3,(H,31,34)/b18-15+. The molecule has 4 rings (SSSR count). The molecule has 7 heteroatoms. The van der Waals surface area contributed by atoms with Crippen LogP contribution in [0.1, 0.15) is 30.9 Å². The van der Waals surface area contributed by atoms with E-state index in [4.69, 9.17) is 16.6 Å². The first kappa shape index (κ1) is 24.2. The Kier molecular flexibility index (Phi) is 8.14. The van der Waals surface area contributed by atoms with Gasteiger partial charge in [-0.15, -0.1) is 0 Å². The number of nitrogens with one attached hydrogen (secondary N) is 2. The van der Waals surface area contributed by atoms with E-state index in [-0.39, 0.29) is 11.9 Å². The van der Waals surface area contributed by atoms with E-state index in [2.05, 4.69) is 31.6 Å². The number of hydrogen-bond donors (Lipinski definition) is 2. The molecule has 5 nitrogen and oxygen atoms in total. The van der Waals surface area contributed by atoms with Gasteiger partial charge in [-0.3, -0.25) is 9.79 Å². The molecule has 0 aromatic heterocycles. The second-order valence-electron chi connectivity index (χ2n) is 8.12. The van der Waals surface area contributed by atoms with E-state index in [0.717, 1.165) is 52.1 Å². The van der Waals surface area contributed by atoms with Gasteiger partial charge in [0.1, 0.15) is 6.04 Å². The molecule has 0 bridgehead atoms. The molecule has 1 amide bonds. The van der Waals surface area contributed by atoms with Crippen LogP contribution in [0, 0.1) is 0 Å². The number of dihydropyridines is 1. The van der Waals surface area contributed by atoms with Crippen molar-refractivity contribution in [3.8, 4) is 0 Å². The summed E-state index contributed by atoms with van der Waals surface area (Å²) < 4.78 is 0.885. The predicted molar refractivity (Wildman–Crippen MR) is 145 cm³/mol. The summed E-state index contributed by atoms with van der Waals surface area (Å²) in [7, 11) is 0. The summed E-state index contributed by atoms with van der Waals surface area (Å²) in [4.78, 5) is 21.7. The molecule has 0 fully saturated rings. The van der Waals surface area contributed by atoms with Gasteiger partial charge in [0.2, 0.25) is 5.91 Å². The zero-order valence-corrected chi connectivity index (χ0v) is 21.2. The molecular formula is C27H26BrClN4O. The van der Waals surface area contributed by atoms with Crippen molar-refractivity contribution < 1.29 is 4.79 Å². The second-order valence-corrected chi connectivity index (χ2v) is 9.38. The maximum absolute atomic E-state index is 12.3. The van der Waals surface area contributed by atoms with Crippen molar-refractivity contribution in [2.24, 2.45) is 9.98 Å². The molecule has 0 saturated carbocycles. The van der Waals surface area contributed by atoms with Crippen molar-refractivity contribution in [3.05, 3.63) is 98.3 Å².